The quantitative estimate of drug-likeness (QED) is 0.0304. The summed E-state index contributed by atoms with van der Waals surface area (Å²) in [6, 6.07) is 32.7. The van der Waals surface area contributed by atoms with Gasteiger partial charge in [-0.15, -0.1) is 0 Å². The van der Waals surface area contributed by atoms with E-state index in [0.717, 1.165) is 125 Å². The van der Waals surface area contributed by atoms with Crippen LogP contribution in [0.15, 0.2) is 103 Å². The number of aldehydes is 1. The van der Waals surface area contributed by atoms with Crippen LogP contribution in [0.1, 0.15) is 67.4 Å². The van der Waals surface area contributed by atoms with E-state index < -0.39 is 35.6 Å². The van der Waals surface area contributed by atoms with Gasteiger partial charge >= 0.3 is 5.97 Å². The molecule has 1 unspecified atom stereocenters. The molecule has 0 aliphatic carbocycles. The van der Waals surface area contributed by atoms with Gasteiger partial charge in [0.25, 0.3) is 11.8 Å². The van der Waals surface area contributed by atoms with Gasteiger partial charge in [-0.2, -0.15) is 5.10 Å². The third-order valence-electron chi connectivity index (χ3n) is 15.8. The Kier molecular flexibility index (Phi) is 18.2. The molecule has 4 aliphatic heterocycles. The lowest BCUT2D eigenvalue weighted by atomic mass is 9.98. The SMILES string of the molecule is Cc1nn(C)c(COc2ccc(N3CCN(SN(C)C)CC3)cc2)c1-c1cccc2c(CCCOc3cccc4ccccc34)c(C(=O)O)n(CCN3CCN(C)CC3)c12.O=CCNc1cccc2c1C(=O)N(C1CCC(=O)NC1=O)C2=O. The van der Waals surface area contributed by atoms with Crippen molar-refractivity contribution < 1.29 is 43.3 Å². The normalized spacial score (nSPS) is 17.0. The molecule has 21 heteroatoms. The number of benzene rings is 5. The van der Waals surface area contributed by atoms with Crippen molar-refractivity contribution in [3.8, 4) is 22.6 Å². The number of hydrogen-bond acceptors (Lipinski definition) is 16. The Morgan fingerprint density at radius 2 is 1.52 bits per heavy atom. The van der Waals surface area contributed by atoms with Gasteiger partial charge in [0.05, 0.1) is 41.2 Å². The number of carbonyl (C=O) groups is 6. The van der Waals surface area contributed by atoms with Gasteiger partial charge in [0, 0.05) is 124 Å². The lowest BCUT2D eigenvalue weighted by Crippen LogP contribution is -2.54. The van der Waals surface area contributed by atoms with E-state index in [4.69, 9.17) is 14.6 Å². The maximum atomic E-state index is 13.4. The number of anilines is 2. The molecule has 0 radical (unpaired) electrons. The molecule has 0 saturated carbocycles. The Labute approximate surface area is 487 Å². The Balaban J connectivity index is 0.000000278. The summed E-state index contributed by atoms with van der Waals surface area (Å²) in [7, 11) is 8.28. The second-order valence-corrected chi connectivity index (χ2v) is 22.8. The van der Waals surface area contributed by atoms with Crippen molar-refractivity contribution >= 4 is 81.1 Å². The van der Waals surface area contributed by atoms with Crippen LogP contribution in [0.25, 0.3) is 32.8 Å². The van der Waals surface area contributed by atoms with Crippen LogP contribution >= 0.6 is 12.1 Å². The number of rotatable bonds is 20. The van der Waals surface area contributed by atoms with Crippen molar-refractivity contribution in [2.45, 2.75) is 51.8 Å². The minimum Gasteiger partial charge on any atom is -0.493 e. The lowest BCUT2D eigenvalue weighted by Gasteiger charge is -2.36. The summed E-state index contributed by atoms with van der Waals surface area (Å²) in [5, 5.41) is 24.0. The number of nitrogens with one attached hydrogen (secondary N) is 2. The van der Waals surface area contributed by atoms with Crippen LogP contribution in [0.4, 0.5) is 11.4 Å². The zero-order valence-corrected chi connectivity index (χ0v) is 48.5. The minimum atomic E-state index is -1.00. The molecule has 4 aliphatic rings. The van der Waals surface area contributed by atoms with Crippen LogP contribution in [0, 0.1) is 6.92 Å². The fraction of sp³-hybridized carbons (Fsp3) is 0.371. The van der Waals surface area contributed by atoms with E-state index in [2.05, 4.69) is 120 Å². The molecule has 434 valence electrons. The highest BCUT2D eigenvalue weighted by atomic mass is 32.2. The molecule has 0 bridgehead atoms. The average Bonchev–Trinajstić information content (AvgIpc) is 2.14. The predicted octanol–water partition coefficient (Wildman–Crippen LogP) is 6.99. The summed E-state index contributed by atoms with van der Waals surface area (Å²) in [5.41, 5.74) is 7.77. The molecule has 6 heterocycles. The molecular weight excluding hydrogens is 1070 g/mol. The third kappa shape index (κ3) is 12.8. The number of carboxylic acids is 1. The number of ether oxygens (including phenoxy) is 2. The molecule has 1 atom stereocenters. The van der Waals surface area contributed by atoms with Gasteiger partial charge in [-0.1, -0.05) is 60.7 Å². The molecule has 11 rings (SSSR count). The summed E-state index contributed by atoms with van der Waals surface area (Å²) >= 11 is 1.77. The molecule has 7 aromatic rings. The first-order chi connectivity index (χ1) is 40.2. The van der Waals surface area contributed by atoms with Crippen LogP contribution in [-0.4, -0.2) is 178 Å². The van der Waals surface area contributed by atoms with Gasteiger partial charge in [0.1, 0.15) is 36.1 Å². The van der Waals surface area contributed by atoms with E-state index in [1.54, 1.807) is 24.3 Å². The zero-order valence-electron chi connectivity index (χ0n) is 47.6. The van der Waals surface area contributed by atoms with Crippen LogP contribution in [0.5, 0.6) is 11.5 Å². The number of nitrogens with zero attached hydrogens (tertiary/aromatic N) is 9. The standard InChI is InChI=1S/C47H58N8O4S.C15H13N3O5/c1-34-44(42(51(5)48-34)33-59-37-20-18-36(19-21-37)53-27-29-54(30-28-53)60-49(2)3)41-15-9-14-39-40(16-10-32-58-43-17-8-12-35-11-6-7-13-38(35)43)46(47(56)57)55(45(39)41)31-26-52-24-22-50(4)23-25-52;19-7-6-16-9-3-1-2-8-12(9)15(23)18(14(8)22)10-4-5-11(20)17-13(10)21/h6-9,11-15,17-21H,10,16,22-33H2,1-5H3,(H,56,57);1-3,7,10,16H,4-6H2,(H,17,20,21). The molecule has 2 aromatic heterocycles. The Morgan fingerprint density at radius 1 is 0.807 bits per heavy atom. The van der Waals surface area contributed by atoms with E-state index in [0.29, 0.717) is 50.3 Å². The molecule has 3 fully saturated rings. The predicted molar refractivity (Wildman–Crippen MR) is 321 cm³/mol. The van der Waals surface area contributed by atoms with Crippen molar-refractivity contribution in [3.63, 3.8) is 0 Å². The van der Waals surface area contributed by atoms with E-state index >= 15 is 0 Å². The summed E-state index contributed by atoms with van der Waals surface area (Å²) in [5.74, 6) is -1.53. The Bertz CT molecular complexity index is 3540. The molecule has 3 N–H and O–H groups in total. The number of piperidine rings is 1. The molecule has 4 amide bonds. The maximum absolute atomic E-state index is 13.4. The van der Waals surface area contributed by atoms with Gasteiger partial charge in [-0.05, 0) is 101 Å². The van der Waals surface area contributed by atoms with E-state index in [-0.39, 0.29) is 30.5 Å². The third-order valence-corrected chi connectivity index (χ3v) is 16.7. The van der Waals surface area contributed by atoms with Crippen molar-refractivity contribution in [2.24, 2.45) is 7.05 Å². The number of piperazine rings is 2. The second kappa shape index (κ2) is 26.0. The summed E-state index contributed by atoms with van der Waals surface area (Å²) in [6.07, 6.45) is 2.04. The van der Waals surface area contributed by atoms with Crippen molar-refractivity contribution in [2.75, 3.05) is 103 Å². The van der Waals surface area contributed by atoms with Crippen molar-refractivity contribution in [3.05, 3.63) is 137 Å². The number of aryl methyl sites for hydroxylation is 3. The first-order valence-electron chi connectivity index (χ1n) is 28.2. The van der Waals surface area contributed by atoms with Crippen molar-refractivity contribution in [1.29, 1.82) is 0 Å². The number of hydrogen-bond donors (Lipinski definition) is 3. The topological polar surface area (TPSA) is 207 Å². The highest BCUT2D eigenvalue weighted by Crippen LogP contribution is 2.39. The summed E-state index contributed by atoms with van der Waals surface area (Å²) in [4.78, 5) is 80.3. The number of imide groups is 2. The maximum Gasteiger partial charge on any atom is 0.352 e. The van der Waals surface area contributed by atoms with Crippen molar-refractivity contribution in [1.82, 2.24) is 43.0 Å². The summed E-state index contributed by atoms with van der Waals surface area (Å²) < 4.78 is 21.4. The fourth-order valence-electron chi connectivity index (χ4n) is 11.7. The molecule has 5 aromatic carbocycles. The van der Waals surface area contributed by atoms with Crippen LogP contribution in [0.3, 0.4) is 0 Å². The largest absolute Gasteiger partial charge is 0.493 e. The second-order valence-electron chi connectivity index (χ2n) is 21.4. The zero-order chi connectivity index (χ0) is 58.3. The Hall–Kier alpha value is -8.08. The number of aromatic carboxylic acids is 1. The highest BCUT2D eigenvalue weighted by molar-refractivity contribution is 7.94. The monoisotopic (exact) mass is 1150 g/mol. The average molecular weight is 1150 g/mol. The van der Waals surface area contributed by atoms with E-state index in [9.17, 15) is 33.9 Å². The van der Waals surface area contributed by atoms with E-state index in [1.165, 1.54) is 11.8 Å². The van der Waals surface area contributed by atoms with Gasteiger partial charge < -0.3 is 39.1 Å². The van der Waals surface area contributed by atoms with Gasteiger partial charge in [-0.3, -0.25) is 39.0 Å². The number of carboxylic acid groups (broad SMARTS) is 1. The number of amides is 4. The number of fused-ring (bicyclic) bond motifs is 3. The van der Waals surface area contributed by atoms with Gasteiger partial charge in [0.2, 0.25) is 11.8 Å². The summed E-state index contributed by atoms with van der Waals surface area (Å²) in [6.45, 7) is 12.0. The molecule has 3 saturated heterocycles. The van der Waals surface area contributed by atoms with Gasteiger partial charge in [0.15, 0.2) is 0 Å². The minimum absolute atomic E-state index is 0.00363. The number of aromatic nitrogens is 3. The number of likely N-dealkylation sites (N-methyl/N-ethyl adjacent to an activating group) is 1. The molecular formula is C62H71N11O9S. The fourth-order valence-corrected chi connectivity index (χ4v) is 12.5. The molecule has 83 heavy (non-hydrogen) atoms. The van der Waals surface area contributed by atoms with Crippen LogP contribution < -0.4 is 25.0 Å². The number of carbonyl (C=O) groups excluding carboxylic acids is 5. The first kappa shape index (κ1) is 58.1. The van der Waals surface area contributed by atoms with Crippen LogP contribution in [0.2, 0.25) is 0 Å². The lowest BCUT2D eigenvalue weighted by molar-refractivity contribution is -0.136. The molecule has 0 spiro atoms. The van der Waals surface area contributed by atoms with Gasteiger partial charge in [-0.25, -0.2) is 13.4 Å². The van der Waals surface area contributed by atoms with E-state index in [1.807, 2.05) is 42.9 Å². The Morgan fingerprint density at radius 3 is 2.25 bits per heavy atom. The van der Waals surface area contributed by atoms with Crippen LogP contribution in [-0.2, 0) is 41.0 Å². The molecule has 20 nitrogen and oxygen atoms in total. The first-order valence-corrected chi connectivity index (χ1v) is 28.9. The highest BCUT2D eigenvalue weighted by Gasteiger charge is 2.45. The number of para-hydroxylation sites is 1. The smallest absolute Gasteiger partial charge is 0.352 e.